The van der Waals surface area contributed by atoms with E-state index in [1.54, 1.807) is 6.33 Å². The minimum Gasteiger partial charge on any atom is -0.378 e. The zero-order valence-electron chi connectivity index (χ0n) is 14.9. The van der Waals surface area contributed by atoms with Gasteiger partial charge in [-0.1, -0.05) is 18.2 Å². The lowest BCUT2D eigenvalue weighted by Crippen LogP contribution is -2.37. The van der Waals surface area contributed by atoms with Crippen LogP contribution in [0.2, 0.25) is 0 Å². The maximum Gasteiger partial charge on any atom is 0.134 e. The number of nitrogens with one attached hydrogen (secondary N) is 1. The van der Waals surface area contributed by atoms with E-state index in [0.29, 0.717) is 0 Å². The molecular formula is C19H25N5O2. The van der Waals surface area contributed by atoms with Crippen LogP contribution in [0.3, 0.4) is 0 Å². The summed E-state index contributed by atoms with van der Waals surface area (Å²) >= 11 is 0. The zero-order valence-corrected chi connectivity index (χ0v) is 14.9. The van der Waals surface area contributed by atoms with Gasteiger partial charge in [0.05, 0.1) is 26.4 Å². The smallest absolute Gasteiger partial charge is 0.134 e. The molecule has 7 heteroatoms. The lowest BCUT2D eigenvalue weighted by Gasteiger charge is -2.30. The Morgan fingerprint density at radius 2 is 1.58 bits per heavy atom. The van der Waals surface area contributed by atoms with Crippen molar-refractivity contribution in [3.63, 3.8) is 0 Å². The molecule has 0 unspecified atom stereocenters. The molecule has 0 radical (unpaired) electrons. The van der Waals surface area contributed by atoms with Crippen LogP contribution in [-0.2, 0) is 16.0 Å². The van der Waals surface area contributed by atoms with Gasteiger partial charge >= 0.3 is 0 Å². The Bertz CT molecular complexity index is 715. The second-order valence-electron chi connectivity index (χ2n) is 6.44. The molecule has 0 bridgehead atoms. The van der Waals surface area contributed by atoms with Crippen molar-refractivity contribution in [2.24, 2.45) is 0 Å². The first kappa shape index (κ1) is 17.1. The molecule has 0 saturated carbocycles. The molecule has 2 aliphatic heterocycles. The van der Waals surface area contributed by atoms with Crippen LogP contribution in [0.1, 0.15) is 5.56 Å². The maximum atomic E-state index is 5.47. The van der Waals surface area contributed by atoms with Crippen LogP contribution in [0.5, 0.6) is 0 Å². The highest BCUT2D eigenvalue weighted by Gasteiger charge is 2.15. The SMILES string of the molecule is c1ccc(N2CCOCC2)c(CNc2cc(N3CCOCC3)ncn2)c1. The van der Waals surface area contributed by atoms with Crippen molar-refractivity contribution in [3.8, 4) is 0 Å². The summed E-state index contributed by atoms with van der Waals surface area (Å²) in [6, 6.07) is 10.5. The normalized spacial score (nSPS) is 18.0. The number of para-hydroxylation sites is 1. The molecule has 138 valence electrons. The molecule has 1 aromatic carbocycles. The van der Waals surface area contributed by atoms with Gasteiger partial charge < -0.3 is 24.6 Å². The summed E-state index contributed by atoms with van der Waals surface area (Å²) in [5, 5.41) is 3.45. The predicted molar refractivity (Wildman–Crippen MR) is 102 cm³/mol. The minimum atomic E-state index is 0.729. The monoisotopic (exact) mass is 355 g/mol. The van der Waals surface area contributed by atoms with Gasteiger partial charge in [0.1, 0.15) is 18.0 Å². The quantitative estimate of drug-likeness (QED) is 0.877. The molecule has 2 fully saturated rings. The molecule has 4 rings (SSSR count). The van der Waals surface area contributed by atoms with E-state index in [1.807, 2.05) is 6.07 Å². The van der Waals surface area contributed by atoms with E-state index >= 15 is 0 Å². The first-order chi connectivity index (χ1) is 12.9. The Balaban J connectivity index is 1.44. The number of nitrogens with zero attached hydrogens (tertiary/aromatic N) is 4. The van der Waals surface area contributed by atoms with Gasteiger partial charge in [0.15, 0.2) is 0 Å². The van der Waals surface area contributed by atoms with Crippen molar-refractivity contribution >= 4 is 17.3 Å². The van der Waals surface area contributed by atoms with Crippen molar-refractivity contribution in [2.75, 3.05) is 67.7 Å². The van der Waals surface area contributed by atoms with Crippen LogP contribution in [0.25, 0.3) is 0 Å². The molecule has 3 heterocycles. The van der Waals surface area contributed by atoms with Gasteiger partial charge in [-0.15, -0.1) is 0 Å². The van der Waals surface area contributed by atoms with Crippen molar-refractivity contribution < 1.29 is 9.47 Å². The van der Waals surface area contributed by atoms with Crippen molar-refractivity contribution in [2.45, 2.75) is 6.54 Å². The third kappa shape index (κ3) is 4.05. The van der Waals surface area contributed by atoms with Gasteiger partial charge in [-0.3, -0.25) is 0 Å². The van der Waals surface area contributed by atoms with Crippen LogP contribution < -0.4 is 15.1 Å². The van der Waals surface area contributed by atoms with Gasteiger partial charge in [0.2, 0.25) is 0 Å². The minimum absolute atomic E-state index is 0.729. The number of rotatable bonds is 5. The first-order valence-electron chi connectivity index (χ1n) is 9.19. The Morgan fingerprint density at radius 1 is 0.885 bits per heavy atom. The summed E-state index contributed by atoms with van der Waals surface area (Å²) in [5.41, 5.74) is 2.53. The van der Waals surface area contributed by atoms with E-state index in [1.165, 1.54) is 11.3 Å². The Morgan fingerprint density at radius 3 is 2.35 bits per heavy atom. The first-order valence-corrected chi connectivity index (χ1v) is 9.19. The van der Waals surface area contributed by atoms with Gasteiger partial charge in [0, 0.05) is 44.5 Å². The molecule has 0 spiro atoms. The topological polar surface area (TPSA) is 62.8 Å². The zero-order chi connectivity index (χ0) is 17.6. The second-order valence-corrected chi connectivity index (χ2v) is 6.44. The number of hydrogen-bond acceptors (Lipinski definition) is 7. The van der Waals surface area contributed by atoms with E-state index in [9.17, 15) is 0 Å². The fourth-order valence-electron chi connectivity index (χ4n) is 3.37. The molecule has 1 aromatic heterocycles. The summed E-state index contributed by atoms with van der Waals surface area (Å²) < 4.78 is 10.9. The second kappa shape index (κ2) is 8.33. The lowest BCUT2D eigenvalue weighted by molar-refractivity contribution is 0.122. The van der Waals surface area contributed by atoms with Gasteiger partial charge in [-0.2, -0.15) is 0 Å². The summed E-state index contributed by atoms with van der Waals surface area (Å²) in [6.07, 6.45) is 1.63. The maximum absolute atomic E-state index is 5.47. The van der Waals surface area contributed by atoms with E-state index in [0.717, 1.165) is 70.8 Å². The molecule has 0 amide bonds. The van der Waals surface area contributed by atoms with E-state index in [2.05, 4.69) is 49.4 Å². The van der Waals surface area contributed by atoms with Crippen molar-refractivity contribution in [1.29, 1.82) is 0 Å². The summed E-state index contributed by atoms with van der Waals surface area (Å²) in [7, 11) is 0. The van der Waals surface area contributed by atoms with Gasteiger partial charge in [-0.05, 0) is 11.6 Å². The third-order valence-corrected chi connectivity index (χ3v) is 4.79. The Labute approximate surface area is 153 Å². The number of benzene rings is 1. The number of morpholine rings is 2. The summed E-state index contributed by atoms with van der Waals surface area (Å²) in [4.78, 5) is 13.4. The molecule has 0 aliphatic carbocycles. The lowest BCUT2D eigenvalue weighted by atomic mass is 10.1. The fraction of sp³-hybridized carbons (Fsp3) is 0.474. The number of anilines is 3. The van der Waals surface area contributed by atoms with Crippen LogP contribution in [-0.4, -0.2) is 62.6 Å². The number of aromatic nitrogens is 2. The van der Waals surface area contributed by atoms with E-state index in [4.69, 9.17) is 9.47 Å². The Hall–Kier alpha value is -2.38. The van der Waals surface area contributed by atoms with Crippen LogP contribution in [0.15, 0.2) is 36.7 Å². The molecule has 2 aliphatic rings. The standard InChI is InChI=1S/C19H25N5O2/c1-2-4-17(23-5-9-25-10-6-23)16(3-1)14-20-18-13-19(22-15-21-18)24-7-11-26-12-8-24/h1-4,13,15H,5-12,14H2,(H,20,21,22). The highest BCUT2D eigenvalue weighted by molar-refractivity contribution is 5.56. The number of ether oxygens (including phenoxy) is 2. The fourth-order valence-corrected chi connectivity index (χ4v) is 3.37. The highest BCUT2D eigenvalue weighted by atomic mass is 16.5. The summed E-state index contributed by atoms with van der Waals surface area (Å²) in [5.74, 6) is 1.80. The van der Waals surface area contributed by atoms with Gasteiger partial charge in [-0.25, -0.2) is 9.97 Å². The highest BCUT2D eigenvalue weighted by Crippen LogP contribution is 2.23. The largest absolute Gasteiger partial charge is 0.378 e. The van der Waals surface area contributed by atoms with E-state index < -0.39 is 0 Å². The van der Waals surface area contributed by atoms with Gasteiger partial charge in [0.25, 0.3) is 0 Å². The predicted octanol–water partition coefficient (Wildman–Crippen LogP) is 1.76. The average molecular weight is 355 g/mol. The van der Waals surface area contributed by atoms with E-state index in [-0.39, 0.29) is 0 Å². The molecule has 2 aromatic rings. The molecular weight excluding hydrogens is 330 g/mol. The van der Waals surface area contributed by atoms with Crippen molar-refractivity contribution in [3.05, 3.63) is 42.2 Å². The molecule has 1 N–H and O–H groups in total. The number of hydrogen-bond donors (Lipinski definition) is 1. The summed E-state index contributed by atoms with van der Waals surface area (Å²) in [6.45, 7) is 7.42. The molecule has 26 heavy (non-hydrogen) atoms. The van der Waals surface area contributed by atoms with Crippen LogP contribution in [0.4, 0.5) is 17.3 Å². The van der Waals surface area contributed by atoms with Crippen molar-refractivity contribution in [1.82, 2.24) is 9.97 Å². The molecule has 0 atom stereocenters. The molecule has 7 nitrogen and oxygen atoms in total. The Kier molecular flexibility index (Phi) is 5.47. The molecule has 2 saturated heterocycles. The third-order valence-electron chi connectivity index (χ3n) is 4.79. The van der Waals surface area contributed by atoms with Crippen LogP contribution in [0, 0.1) is 0 Å². The van der Waals surface area contributed by atoms with Crippen LogP contribution >= 0.6 is 0 Å². The average Bonchev–Trinajstić information content (AvgIpc) is 2.74.